The van der Waals surface area contributed by atoms with Gasteiger partial charge in [-0.25, -0.2) is 0 Å². The van der Waals surface area contributed by atoms with Crippen molar-refractivity contribution in [2.45, 2.75) is 25.7 Å². The molecule has 2 nitrogen and oxygen atoms in total. The highest BCUT2D eigenvalue weighted by molar-refractivity contribution is 6.11. The number of fused-ring (bicyclic) bond motifs is 1. The van der Waals surface area contributed by atoms with Gasteiger partial charge in [0.25, 0.3) is 0 Å². The molecule has 0 bridgehead atoms. The van der Waals surface area contributed by atoms with Gasteiger partial charge >= 0.3 is 0 Å². The number of ketones is 1. The minimum Gasteiger partial charge on any atom is -0.492 e. The van der Waals surface area contributed by atoms with Crippen LogP contribution >= 0.6 is 0 Å². The molecule has 0 saturated carbocycles. The number of Topliss-reactive ketones (excluding diaryl/α,β-unsaturated/α-hetero) is 1. The molecule has 0 N–H and O–H groups in total. The quantitative estimate of drug-likeness (QED) is 0.707. The van der Waals surface area contributed by atoms with Gasteiger partial charge in [0.05, 0.1) is 12.2 Å². The van der Waals surface area contributed by atoms with Crippen molar-refractivity contribution >= 4 is 5.78 Å². The van der Waals surface area contributed by atoms with Crippen molar-refractivity contribution in [2.24, 2.45) is 0 Å². The molecule has 16 heavy (non-hydrogen) atoms. The fraction of sp³-hybridized carbons (Fsp3) is 0.357. The molecule has 1 aliphatic carbocycles. The van der Waals surface area contributed by atoms with Gasteiger partial charge in [-0.3, -0.25) is 4.79 Å². The molecule has 0 spiro atoms. The van der Waals surface area contributed by atoms with Crippen LogP contribution in [0.3, 0.4) is 0 Å². The zero-order valence-electron chi connectivity index (χ0n) is 9.16. The van der Waals surface area contributed by atoms with Crippen LogP contribution in [0.5, 0.6) is 5.75 Å². The number of rotatable bonds is 2. The first kappa shape index (κ1) is 9.64. The second-order valence-corrected chi connectivity index (χ2v) is 4.34. The predicted molar refractivity (Wildman–Crippen MR) is 61.9 cm³/mol. The standard InChI is InChI=1S/C14H14O2/c15-13(10-4-1-2-5-10)12-7-3-6-11-8-9-16-14(11)12/h3-4,6-7H,1-2,5,8-9H2. The molecular weight excluding hydrogens is 200 g/mol. The summed E-state index contributed by atoms with van der Waals surface area (Å²) in [7, 11) is 0. The molecule has 0 amide bonds. The van der Waals surface area contributed by atoms with Gasteiger partial charge in [-0.1, -0.05) is 18.2 Å². The number of para-hydroxylation sites is 1. The maximum atomic E-state index is 12.3. The van der Waals surface area contributed by atoms with Crippen molar-refractivity contribution < 1.29 is 9.53 Å². The monoisotopic (exact) mass is 214 g/mol. The molecule has 3 rings (SSSR count). The number of ether oxygens (including phenoxy) is 1. The largest absolute Gasteiger partial charge is 0.492 e. The average molecular weight is 214 g/mol. The summed E-state index contributed by atoms with van der Waals surface area (Å²) >= 11 is 0. The van der Waals surface area contributed by atoms with Crippen molar-refractivity contribution in [3.05, 3.63) is 41.0 Å². The van der Waals surface area contributed by atoms with Crippen LogP contribution in [0.15, 0.2) is 29.8 Å². The number of hydrogen-bond acceptors (Lipinski definition) is 2. The summed E-state index contributed by atoms with van der Waals surface area (Å²) in [6.07, 6.45) is 6.06. The van der Waals surface area contributed by atoms with Crippen LogP contribution in [0.1, 0.15) is 35.2 Å². The van der Waals surface area contributed by atoms with Crippen LogP contribution in [-0.2, 0) is 6.42 Å². The normalized spacial score (nSPS) is 17.9. The van der Waals surface area contributed by atoms with E-state index in [9.17, 15) is 4.79 Å². The van der Waals surface area contributed by atoms with E-state index in [2.05, 4.69) is 6.08 Å². The Hall–Kier alpha value is -1.57. The molecule has 0 aromatic heterocycles. The van der Waals surface area contributed by atoms with Gasteiger partial charge in [0.2, 0.25) is 0 Å². The van der Waals surface area contributed by atoms with Crippen molar-refractivity contribution in [1.29, 1.82) is 0 Å². The highest BCUT2D eigenvalue weighted by Crippen LogP contribution is 2.32. The molecule has 0 fully saturated rings. The van der Waals surface area contributed by atoms with Crippen molar-refractivity contribution in [3.8, 4) is 5.75 Å². The molecule has 0 atom stereocenters. The first-order valence-electron chi connectivity index (χ1n) is 5.84. The third-order valence-electron chi connectivity index (χ3n) is 3.29. The Morgan fingerprint density at radius 1 is 1.25 bits per heavy atom. The summed E-state index contributed by atoms with van der Waals surface area (Å²) in [5.74, 6) is 0.983. The van der Waals surface area contributed by atoms with E-state index in [1.807, 2.05) is 18.2 Å². The number of carbonyl (C=O) groups excluding carboxylic acids is 1. The molecule has 1 heterocycles. The lowest BCUT2D eigenvalue weighted by Crippen LogP contribution is -2.03. The SMILES string of the molecule is O=C(C1=CCCC1)c1cccc2c1OCC2. The maximum absolute atomic E-state index is 12.3. The summed E-state index contributed by atoms with van der Waals surface area (Å²) in [6.45, 7) is 0.707. The van der Waals surface area contributed by atoms with E-state index in [0.29, 0.717) is 6.61 Å². The van der Waals surface area contributed by atoms with Gasteiger partial charge in [0, 0.05) is 6.42 Å². The van der Waals surface area contributed by atoms with E-state index in [1.165, 1.54) is 5.56 Å². The molecule has 0 unspecified atom stereocenters. The van der Waals surface area contributed by atoms with Crippen LogP contribution in [0, 0.1) is 0 Å². The van der Waals surface area contributed by atoms with Gasteiger partial charge in [-0.15, -0.1) is 0 Å². The van der Waals surface area contributed by atoms with Gasteiger partial charge in [-0.2, -0.15) is 0 Å². The van der Waals surface area contributed by atoms with E-state index < -0.39 is 0 Å². The van der Waals surface area contributed by atoms with Crippen molar-refractivity contribution in [3.63, 3.8) is 0 Å². The minimum absolute atomic E-state index is 0.163. The van der Waals surface area contributed by atoms with Crippen molar-refractivity contribution in [2.75, 3.05) is 6.61 Å². The number of hydrogen-bond donors (Lipinski definition) is 0. The summed E-state index contributed by atoms with van der Waals surface area (Å²) in [4.78, 5) is 12.3. The second kappa shape index (κ2) is 3.78. The van der Waals surface area contributed by atoms with E-state index >= 15 is 0 Å². The minimum atomic E-state index is 0.163. The van der Waals surface area contributed by atoms with Gasteiger partial charge in [0.15, 0.2) is 5.78 Å². The Bertz CT molecular complexity index is 472. The fourth-order valence-corrected chi connectivity index (χ4v) is 2.44. The first-order chi connectivity index (χ1) is 7.86. The number of benzene rings is 1. The van der Waals surface area contributed by atoms with Crippen LogP contribution in [0.2, 0.25) is 0 Å². The zero-order valence-corrected chi connectivity index (χ0v) is 9.16. The Kier molecular flexibility index (Phi) is 2.28. The van der Waals surface area contributed by atoms with E-state index in [4.69, 9.17) is 4.74 Å². The third-order valence-corrected chi connectivity index (χ3v) is 3.29. The van der Waals surface area contributed by atoms with E-state index in [1.54, 1.807) is 0 Å². The molecule has 0 radical (unpaired) electrons. The highest BCUT2D eigenvalue weighted by atomic mass is 16.5. The molecular formula is C14H14O2. The molecule has 1 aromatic rings. The lowest BCUT2D eigenvalue weighted by molar-refractivity contribution is 0.102. The average Bonchev–Trinajstić information content (AvgIpc) is 2.98. The zero-order chi connectivity index (χ0) is 11.0. The first-order valence-corrected chi connectivity index (χ1v) is 5.84. The second-order valence-electron chi connectivity index (χ2n) is 4.34. The summed E-state index contributed by atoms with van der Waals surface area (Å²) < 4.78 is 5.56. The summed E-state index contributed by atoms with van der Waals surface area (Å²) in [6, 6.07) is 5.88. The summed E-state index contributed by atoms with van der Waals surface area (Å²) in [5, 5.41) is 0. The van der Waals surface area contributed by atoms with Gasteiger partial charge in [-0.05, 0) is 36.5 Å². The Morgan fingerprint density at radius 2 is 2.19 bits per heavy atom. The van der Waals surface area contributed by atoms with Crippen LogP contribution < -0.4 is 4.74 Å². The molecule has 2 heteroatoms. The van der Waals surface area contributed by atoms with E-state index in [-0.39, 0.29) is 5.78 Å². The van der Waals surface area contributed by atoms with Crippen LogP contribution in [0.25, 0.3) is 0 Å². The number of carbonyl (C=O) groups is 1. The Labute approximate surface area is 94.9 Å². The smallest absolute Gasteiger partial charge is 0.192 e. The fourth-order valence-electron chi connectivity index (χ4n) is 2.44. The maximum Gasteiger partial charge on any atom is 0.192 e. The Morgan fingerprint density at radius 3 is 3.00 bits per heavy atom. The molecule has 0 saturated heterocycles. The van der Waals surface area contributed by atoms with Crippen molar-refractivity contribution in [1.82, 2.24) is 0 Å². The Balaban J connectivity index is 2.00. The predicted octanol–water partition coefficient (Wildman–Crippen LogP) is 2.91. The molecule has 2 aliphatic rings. The highest BCUT2D eigenvalue weighted by Gasteiger charge is 2.23. The molecule has 82 valence electrons. The lowest BCUT2D eigenvalue weighted by atomic mass is 9.99. The topological polar surface area (TPSA) is 26.3 Å². The van der Waals surface area contributed by atoms with Gasteiger partial charge in [0.1, 0.15) is 5.75 Å². The van der Waals surface area contributed by atoms with Gasteiger partial charge < -0.3 is 4.74 Å². The molecule has 1 aromatic carbocycles. The number of allylic oxidation sites excluding steroid dienone is 2. The van der Waals surface area contributed by atoms with Crippen LogP contribution in [-0.4, -0.2) is 12.4 Å². The van der Waals surface area contributed by atoms with E-state index in [0.717, 1.165) is 42.6 Å². The summed E-state index contributed by atoms with van der Waals surface area (Å²) in [5.41, 5.74) is 2.89. The molecule has 1 aliphatic heterocycles. The third kappa shape index (κ3) is 1.45. The van der Waals surface area contributed by atoms with Crippen LogP contribution in [0.4, 0.5) is 0 Å². The lowest BCUT2D eigenvalue weighted by Gasteiger charge is -2.07.